The molecule has 0 amide bonds. The smallest absolute Gasteiger partial charge is 0.107 e. The summed E-state index contributed by atoms with van der Waals surface area (Å²) in [6, 6.07) is 10.5. The van der Waals surface area contributed by atoms with Gasteiger partial charge < -0.3 is 10.6 Å². The predicted octanol–water partition coefficient (Wildman–Crippen LogP) is 3.28. The maximum atomic E-state index is 5.89. The summed E-state index contributed by atoms with van der Waals surface area (Å²) in [5.74, 6) is 0. The quantitative estimate of drug-likeness (QED) is 0.880. The highest BCUT2D eigenvalue weighted by Crippen LogP contribution is 2.24. The van der Waals surface area contributed by atoms with E-state index in [0.717, 1.165) is 29.2 Å². The van der Waals surface area contributed by atoms with Crippen LogP contribution in [0.3, 0.4) is 0 Å². The number of aromatic nitrogens is 1. The van der Waals surface area contributed by atoms with Gasteiger partial charge in [-0.3, -0.25) is 4.98 Å². The predicted molar refractivity (Wildman–Crippen MR) is 92.9 cm³/mol. The van der Waals surface area contributed by atoms with Crippen molar-refractivity contribution in [3.05, 3.63) is 58.4 Å². The zero-order chi connectivity index (χ0) is 15.6. The summed E-state index contributed by atoms with van der Waals surface area (Å²) in [5, 5.41) is 0. The van der Waals surface area contributed by atoms with E-state index in [1.54, 1.807) is 0 Å². The lowest BCUT2D eigenvalue weighted by Gasteiger charge is -2.24. The van der Waals surface area contributed by atoms with Gasteiger partial charge in [0.2, 0.25) is 0 Å². The van der Waals surface area contributed by atoms with Crippen molar-refractivity contribution in [1.29, 1.82) is 0 Å². The number of hydrogen-bond acceptors (Lipinski definition) is 3. The molecule has 0 bridgehead atoms. The van der Waals surface area contributed by atoms with E-state index < -0.39 is 0 Å². The summed E-state index contributed by atoms with van der Waals surface area (Å²) in [7, 11) is 2.05. The second-order valence-electron chi connectivity index (χ2n) is 5.45. The molecule has 110 valence electrons. The zero-order valence-corrected chi connectivity index (χ0v) is 13.8. The number of nitrogens with zero attached hydrogens (tertiary/aromatic N) is 2. The Morgan fingerprint density at radius 2 is 1.95 bits per heavy atom. The molecule has 2 aromatic rings. The summed E-state index contributed by atoms with van der Waals surface area (Å²) in [6.07, 6.45) is 0. The van der Waals surface area contributed by atoms with Gasteiger partial charge in [-0.25, -0.2) is 0 Å². The van der Waals surface area contributed by atoms with Gasteiger partial charge in [-0.1, -0.05) is 42.0 Å². The number of rotatable bonds is 4. The van der Waals surface area contributed by atoms with Crippen molar-refractivity contribution in [2.24, 2.45) is 5.73 Å². The fraction of sp³-hybridized carbons (Fsp3) is 0.294. The van der Waals surface area contributed by atoms with Crippen molar-refractivity contribution >= 4 is 22.9 Å². The molecule has 0 saturated carbocycles. The van der Waals surface area contributed by atoms with Crippen LogP contribution in [0.15, 0.2) is 30.3 Å². The van der Waals surface area contributed by atoms with Crippen molar-refractivity contribution in [2.45, 2.75) is 27.3 Å². The number of benzene rings is 1. The SMILES string of the molecule is Cc1cccc(CN(C)c2cc(C)nc(C)c2C(N)=S)c1. The number of pyridine rings is 1. The van der Waals surface area contributed by atoms with Gasteiger partial charge in [0.25, 0.3) is 0 Å². The molecule has 0 saturated heterocycles. The van der Waals surface area contributed by atoms with Crippen LogP contribution >= 0.6 is 12.2 Å². The molecule has 1 aromatic carbocycles. The minimum Gasteiger partial charge on any atom is -0.389 e. The van der Waals surface area contributed by atoms with Crippen LogP contribution in [0.25, 0.3) is 0 Å². The van der Waals surface area contributed by atoms with Crippen LogP contribution < -0.4 is 10.6 Å². The van der Waals surface area contributed by atoms with Gasteiger partial charge in [0, 0.05) is 25.0 Å². The molecule has 1 heterocycles. The Morgan fingerprint density at radius 3 is 2.57 bits per heavy atom. The zero-order valence-electron chi connectivity index (χ0n) is 13.0. The van der Waals surface area contributed by atoms with E-state index in [1.807, 2.05) is 19.9 Å². The minimum atomic E-state index is 0.395. The van der Waals surface area contributed by atoms with E-state index in [1.165, 1.54) is 11.1 Å². The molecule has 21 heavy (non-hydrogen) atoms. The Balaban J connectivity index is 2.39. The van der Waals surface area contributed by atoms with E-state index in [-0.39, 0.29) is 0 Å². The molecule has 0 aliphatic carbocycles. The van der Waals surface area contributed by atoms with Crippen molar-refractivity contribution < 1.29 is 0 Å². The lowest BCUT2D eigenvalue weighted by Crippen LogP contribution is -2.23. The first-order chi connectivity index (χ1) is 9.88. The summed E-state index contributed by atoms with van der Waals surface area (Å²) < 4.78 is 0. The number of nitrogens with two attached hydrogens (primary N) is 1. The average molecular weight is 299 g/mol. The third-order valence-corrected chi connectivity index (χ3v) is 3.67. The molecule has 0 fully saturated rings. The monoisotopic (exact) mass is 299 g/mol. The molecule has 0 unspecified atom stereocenters. The maximum absolute atomic E-state index is 5.89. The molecule has 0 spiro atoms. The number of aryl methyl sites for hydroxylation is 3. The minimum absolute atomic E-state index is 0.395. The molecule has 1 aromatic heterocycles. The molecular weight excluding hydrogens is 278 g/mol. The molecule has 4 heteroatoms. The van der Waals surface area contributed by atoms with Gasteiger partial charge in [-0.05, 0) is 32.4 Å². The highest BCUT2D eigenvalue weighted by atomic mass is 32.1. The van der Waals surface area contributed by atoms with Crippen LogP contribution in [-0.2, 0) is 6.54 Å². The molecule has 0 aliphatic heterocycles. The fourth-order valence-electron chi connectivity index (χ4n) is 2.58. The van der Waals surface area contributed by atoms with Gasteiger partial charge >= 0.3 is 0 Å². The van der Waals surface area contributed by atoms with Crippen molar-refractivity contribution in [2.75, 3.05) is 11.9 Å². The van der Waals surface area contributed by atoms with Crippen LogP contribution in [-0.4, -0.2) is 17.0 Å². The number of thiocarbonyl (C=S) groups is 1. The van der Waals surface area contributed by atoms with Gasteiger partial charge in [0.15, 0.2) is 0 Å². The van der Waals surface area contributed by atoms with E-state index in [4.69, 9.17) is 18.0 Å². The average Bonchev–Trinajstić information content (AvgIpc) is 2.37. The fourth-order valence-corrected chi connectivity index (χ4v) is 2.84. The Morgan fingerprint density at radius 1 is 1.24 bits per heavy atom. The molecule has 3 nitrogen and oxygen atoms in total. The lowest BCUT2D eigenvalue weighted by atomic mass is 10.1. The van der Waals surface area contributed by atoms with Crippen LogP contribution in [0.5, 0.6) is 0 Å². The molecule has 0 aliphatic rings. The van der Waals surface area contributed by atoms with Gasteiger partial charge in [-0.15, -0.1) is 0 Å². The first-order valence-corrected chi connectivity index (χ1v) is 7.34. The maximum Gasteiger partial charge on any atom is 0.107 e. The summed E-state index contributed by atoms with van der Waals surface area (Å²) in [4.78, 5) is 7.03. The summed E-state index contributed by atoms with van der Waals surface area (Å²) >= 11 is 5.20. The standard InChI is InChI=1S/C17H21N3S/c1-11-6-5-7-14(8-11)10-20(4)15-9-12(2)19-13(3)16(15)17(18)21/h5-9H,10H2,1-4H3,(H2,18,21). The highest BCUT2D eigenvalue weighted by Gasteiger charge is 2.14. The molecule has 2 N–H and O–H groups in total. The topological polar surface area (TPSA) is 42.2 Å². The van der Waals surface area contributed by atoms with Crippen molar-refractivity contribution in [1.82, 2.24) is 4.98 Å². The van der Waals surface area contributed by atoms with Crippen LogP contribution in [0.1, 0.15) is 28.1 Å². The first-order valence-electron chi connectivity index (χ1n) is 6.93. The van der Waals surface area contributed by atoms with E-state index in [0.29, 0.717) is 4.99 Å². The Hall–Kier alpha value is -1.94. The van der Waals surface area contributed by atoms with E-state index in [2.05, 4.69) is 48.1 Å². The van der Waals surface area contributed by atoms with Crippen LogP contribution in [0.4, 0.5) is 5.69 Å². The molecular formula is C17H21N3S. The largest absolute Gasteiger partial charge is 0.389 e. The van der Waals surface area contributed by atoms with Gasteiger partial charge in [0.1, 0.15) is 4.99 Å². The first kappa shape index (κ1) is 15.4. The van der Waals surface area contributed by atoms with Gasteiger partial charge in [-0.2, -0.15) is 0 Å². The van der Waals surface area contributed by atoms with Gasteiger partial charge in [0.05, 0.1) is 11.3 Å². The Kier molecular flexibility index (Phi) is 4.58. The Bertz CT molecular complexity index is 680. The van der Waals surface area contributed by atoms with Crippen LogP contribution in [0.2, 0.25) is 0 Å². The van der Waals surface area contributed by atoms with E-state index in [9.17, 15) is 0 Å². The van der Waals surface area contributed by atoms with Crippen LogP contribution in [0, 0.1) is 20.8 Å². The normalized spacial score (nSPS) is 10.5. The van der Waals surface area contributed by atoms with E-state index >= 15 is 0 Å². The second kappa shape index (κ2) is 6.22. The third-order valence-electron chi connectivity index (χ3n) is 3.47. The van der Waals surface area contributed by atoms with Crippen molar-refractivity contribution in [3.8, 4) is 0 Å². The number of anilines is 1. The van der Waals surface area contributed by atoms with Crippen molar-refractivity contribution in [3.63, 3.8) is 0 Å². The highest BCUT2D eigenvalue weighted by molar-refractivity contribution is 7.80. The molecule has 2 rings (SSSR count). The third kappa shape index (κ3) is 3.58. The number of hydrogen-bond donors (Lipinski definition) is 1. The Labute approximate surface area is 131 Å². The summed E-state index contributed by atoms with van der Waals surface area (Å²) in [6.45, 7) is 6.84. The summed E-state index contributed by atoms with van der Waals surface area (Å²) in [5.41, 5.74) is 12.2. The molecule has 0 atom stereocenters. The second-order valence-corrected chi connectivity index (χ2v) is 5.89. The molecule has 0 radical (unpaired) electrons. The lowest BCUT2D eigenvalue weighted by molar-refractivity contribution is 0.911.